The van der Waals surface area contributed by atoms with Crippen LogP contribution >= 0.6 is 12.2 Å². The van der Waals surface area contributed by atoms with Crippen LogP contribution in [0.5, 0.6) is 0 Å². The summed E-state index contributed by atoms with van der Waals surface area (Å²) in [6.45, 7) is 1.27. The van der Waals surface area contributed by atoms with Crippen LogP contribution in [0.3, 0.4) is 0 Å². The Balaban J connectivity index is 2.60. The largest absolute Gasteiger partial charge is 0.383 e. The van der Waals surface area contributed by atoms with Crippen LogP contribution in [0.15, 0.2) is 0 Å². The van der Waals surface area contributed by atoms with E-state index in [2.05, 4.69) is 9.97 Å². The van der Waals surface area contributed by atoms with Gasteiger partial charge in [-0.25, -0.2) is 4.98 Å². The minimum atomic E-state index is 0.428. The molecule has 0 spiro atoms. The lowest BCUT2D eigenvalue weighted by Crippen LogP contribution is -2.15. The molecule has 0 saturated carbocycles. The van der Waals surface area contributed by atoms with Gasteiger partial charge in [-0.1, -0.05) is 0 Å². The van der Waals surface area contributed by atoms with E-state index >= 15 is 0 Å². The number of nitrogens with zero attached hydrogens (tertiary/aromatic N) is 1. The molecular formula is C7H9N3OS. The lowest BCUT2D eigenvalue weighted by atomic mass is 10.1. The molecule has 2 heterocycles. The number of rotatable bonds is 0. The zero-order chi connectivity index (χ0) is 8.55. The van der Waals surface area contributed by atoms with E-state index in [0.717, 1.165) is 17.7 Å². The summed E-state index contributed by atoms with van der Waals surface area (Å²) in [5.74, 6) is 0.539. The van der Waals surface area contributed by atoms with Gasteiger partial charge in [0.2, 0.25) is 0 Å². The Morgan fingerprint density at radius 1 is 1.58 bits per heavy atom. The molecule has 3 N–H and O–H groups in total. The average molecular weight is 183 g/mol. The third-order valence-corrected chi connectivity index (χ3v) is 2.09. The highest BCUT2D eigenvalue weighted by Crippen LogP contribution is 2.18. The van der Waals surface area contributed by atoms with Gasteiger partial charge in [0.15, 0.2) is 4.77 Å². The molecule has 0 radical (unpaired) electrons. The summed E-state index contributed by atoms with van der Waals surface area (Å²) in [5, 5.41) is 0. The molecule has 1 aliphatic rings. The molecule has 0 unspecified atom stereocenters. The monoisotopic (exact) mass is 183 g/mol. The van der Waals surface area contributed by atoms with Crippen molar-refractivity contribution >= 4 is 18.0 Å². The second-order valence-electron chi connectivity index (χ2n) is 2.69. The van der Waals surface area contributed by atoms with E-state index in [1.807, 2.05) is 0 Å². The highest BCUT2D eigenvalue weighted by Gasteiger charge is 2.13. The maximum absolute atomic E-state index is 5.69. The molecule has 1 aromatic rings. The Morgan fingerprint density at radius 3 is 3.25 bits per heavy atom. The number of aromatic nitrogens is 2. The first-order valence-corrected chi connectivity index (χ1v) is 4.13. The Bertz CT molecular complexity index is 360. The molecule has 0 aliphatic carbocycles. The van der Waals surface area contributed by atoms with Gasteiger partial charge < -0.3 is 15.5 Å². The summed E-state index contributed by atoms with van der Waals surface area (Å²) in [6, 6.07) is 0. The molecule has 12 heavy (non-hydrogen) atoms. The molecule has 5 heteroatoms. The first-order valence-electron chi connectivity index (χ1n) is 3.72. The minimum absolute atomic E-state index is 0.428. The first kappa shape index (κ1) is 7.70. The van der Waals surface area contributed by atoms with Crippen molar-refractivity contribution in [2.75, 3.05) is 12.3 Å². The second kappa shape index (κ2) is 2.84. The Labute approximate surface area is 74.8 Å². The van der Waals surface area contributed by atoms with Crippen LogP contribution in [0.1, 0.15) is 11.3 Å². The van der Waals surface area contributed by atoms with Gasteiger partial charge in [-0.2, -0.15) is 0 Å². The standard InChI is InChI=1S/C7H9N3OS/c8-6-4-1-2-11-3-5(4)9-7(12)10-6/h1-3H2,(H3,8,9,10,12). The SMILES string of the molecule is Nc1nc(=S)[nH]c2c1CCOC2. The minimum Gasteiger partial charge on any atom is -0.383 e. The first-order chi connectivity index (χ1) is 5.77. The molecule has 64 valence electrons. The fourth-order valence-electron chi connectivity index (χ4n) is 1.31. The molecule has 0 aromatic carbocycles. The molecule has 4 nitrogen and oxygen atoms in total. The van der Waals surface area contributed by atoms with Crippen LogP contribution in [-0.2, 0) is 17.8 Å². The zero-order valence-electron chi connectivity index (χ0n) is 6.46. The van der Waals surface area contributed by atoms with Gasteiger partial charge in [-0.15, -0.1) is 0 Å². The van der Waals surface area contributed by atoms with Crippen LogP contribution in [0.2, 0.25) is 0 Å². The van der Waals surface area contributed by atoms with Gasteiger partial charge in [-0.05, 0) is 12.2 Å². The van der Waals surface area contributed by atoms with E-state index in [1.165, 1.54) is 0 Å². The number of nitrogens with two attached hydrogens (primary N) is 1. The van der Waals surface area contributed by atoms with E-state index in [0.29, 0.717) is 23.8 Å². The quantitative estimate of drug-likeness (QED) is 0.584. The number of ether oxygens (including phenoxy) is 1. The van der Waals surface area contributed by atoms with Gasteiger partial charge in [0, 0.05) is 12.0 Å². The Morgan fingerprint density at radius 2 is 2.42 bits per heavy atom. The predicted molar refractivity (Wildman–Crippen MR) is 47.2 cm³/mol. The van der Waals surface area contributed by atoms with Gasteiger partial charge in [0.05, 0.1) is 18.9 Å². The lowest BCUT2D eigenvalue weighted by Gasteiger charge is -2.16. The molecule has 0 saturated heterocycles. The molecule has 0 amide bonds. The van der Waals surface area contributed by atoms with Gasteiger partial charge in [0.1, 0.15) is 5.82 Å². The number of hydrogen-bond acceptors (Lipinski definition) is 4. The van der Waals surface area contributed by atoms with E-state index in [9.17, 15) is 0 Å². The Kier molecular flexibility index (Phi) is 1.82. The number of aromatic amines is 1. The highest BCUT2D eigenvalue weighted by atomic mass is 32.1. The lowest BCUT2D eigenvalue weighted by molar-refractivity contribution is 0.107. The summed E-state index contributed by atoms with van der Waals surface area (Å²) < 4.78 is 5.67. The van der Waals surface area contributed by atoms with Gasteiger partial charge in [-0.3, -0.25) is 0 Å². The highest BCUT2D eigenvalue weighted by molar-refractivity contribution is 7.71. The van der Waals surface area contributed by atoms with Gasteiger partial charge in [0.25, 0.3) is 0 Å². The summed E-state index contributed by atoms with van der Waals surface area (Å²) in [4.78, 5) is 6.94. The fraction of sp³-hybridized carbons (Fsp3) is 0.429. The molecule has 2 rings (SSSR count). The molecule has 0 fully saturated rings. The van der Waals surface area contributed by atoms with Crippen molar-refractivity contribution in [3.8, 4) is 0 Å². The number of nitrogen functional groups attached to an aromatic ring is 1. The van der Waals surface area contributed by atoms with E-state index < -0.39 is 0 Å². The normalized spacial score (nSPS) is 15.7. The van der Waals surface area contributed by atoms with Crippen LogP contribution in [0.25, 0.3) is 0 Å². The molecule has 1 aliphatic heterocycles. The smallest absolute Gasteiger partial charge is 0.199 e. The summed E-state index contributed by atoms with van der Waals surface area (Å²) >= 11 is 4.88. The topological polar surface area (TPSA) is 63.9 Å². The van der Waals surface area contributed by atoms with Crippen LogP contribution in [-0.4, -0.2) is 16.6 Å². The predicted octanol–water partition coefficient (Wildman–Crippen LogP) is 0.794. The van der Waals surface area contributed by atoms with Crippen LogP contribution in [0, 0.1) is 4.77 Å². The Hall–Kier alpha value is -0.940. The number of hydrogen-bond donors (Lipinski definition) is 2. The number of fused-ring (bicyclic) bond motifs is 1. The summed E-state index contributed by atoms with van der Waals surface area (Å²) in [7, 11) is 0. The van der Waals surface area contributed by atoms with Crippen molar-refractivity contribution in [2.45, 2.75) is 13.0 Å². The van der Waals surface area contributed by atoms with Crippen molar-refractivity contribution < 1.29 is 4.74 Å². The van der Waals surface area contributed by atoms with Crippen molar-refractivity contribution in [1.82, 2.24) is 9.97 Å². The van der Waals surface area contributed by atoms with E-state index in [4.69, 9.17) is 22.7 Å². The van der Waals surface area contributed by atoms with Crippen molar-refractivity contribution in [1.29, 1.82) is 0 Å². The fourth-order valence-corrected chi connectivity index (χ4v) is 1.54. The third kappa shape index (κ3) is 1.21. The maximum Gasteiger partial charge on any atom is 0.199 e. The molecule has 1 aromatic heterocycles. The molecular weight excluding hydrogens is 174 g/mol. The maximum atomic E-state index is 5.69. The number of nitrogens with one attached hydrogen (secondary N) is 1. The van der Waals surface area contributed by atoms with Crippen molar-refractivity contribution in [2.24, 2.45) is 0 Å². The van der Waals surface area contributed by atoms with Crippen LogP contribution < -0.4 is 5.73 Å². The van der Waals surface area contributed by atoms with Crippen molar-refractivity contribution in [3.05, 3.63) is 16.0 Å². The average Bonchev–Trinajstić information content (AvgIpc) is 2.04. The summed E-state index contributed by atoms with van der Waals surface area (Å²) in [5.41, 5.74) is 7.71. The van der Waals surface area contributed by atoms with Crippen molar-refractivity contribution in [3.63, 3.8) is 0 Å². The molecule has 0 atom stereocenters. The zero-order valence-corrected chi connectivity index (χ0v) is 7.28. The van der Waals surface area contributed by atoms with E-state index in [1.54, 1.807) is 0 Å². The third-order valence-electron chi connectivity index (χ3n) is 1.90. The van der Waals surface area contributed by atoms with Gasteiger partial charge >= 0.3 is 0 Å². The number of anilines is 1. The summed E-state index contributed by atoms with van der Waals surface area (Å²) in [6.07, 6.45) is 0.820. The van der Waals surface area contributed by atoms with E-state index in [-0.39, 0.29) is 0 Å². The number of H-pyrrole nitrogens is 1. The molecule has 0 bridgehead atoms. The van der Waals surface area contributed by atoms with Crippen LogP contribution in [0.4, 0.5) is 5.82 Å². The second-order valence-corrected chi connectivity index (χ2v) is 3.07.